The smallest absolute Gasteiger partial charge is 0.272 e. The number of unbranched alkanes of at least 4 members (excludes halogenated alkanes) is 2. The second kappa shape index (κ2) is 15.5. The van der Waals surface area contributed by atoms with Crippen molar-refractivity contribution in [3.63, 3.8) is 0 Å². The molecule has 2 amide bonds. The Balaban J connectivity index is 0.761. The number of hydrogen-bond donors (Lipinski definition) is 1. The molecule has 2 aromatic carbocycles. The van der Waals surface area contributed by atoms with Crippen LogP contribution in [0, 0.1) is 40.3 Å². The third-order valence-corrected chi connectivity index (χ3v) is 15.1. The van der Waals surface area contributed by atoms with Gasteiger partial charge in [0.25, 0.3) is 11.5 Å². The second-order valence-corrected chi connectivity index (χ2v) is 17.9. The van der Waals surface area contributed by atoms with E-state index < -0.39 is 5.82 Å². The van der Waals surface area contributed by atoms with E-state index in [2.05, 4.69) is 24.0 Å². The van der Waals surface area contributed by atoms with Gasteiger partial charge in [0.2, 0.25) is 5.91 Å². The van der Waals surface area contributed by atoms with Crippen LogP contribution in [0.2, 0.25) is 0 Å². The lowest BCUT2D eigenvalue weighted by molar-refractivity contribution is -0.145. The first kappa shape index (κ1) is 38.0. The number of aromatic nitrogens is 2. The lowest BCUT2D eigenvalue weighted by Gasteiger charge is -2.60. The number of ether oxygens (including phenoxy) is 1. The lowest BCUT2D eigenvalue weighted by Crippen LogP contribution is -2.54. The molecule has 7 atom stereocenters. The van der Waals surface area contributed by atoms with Gasteiger partial charge < -0.3 is 14.5 Å². The summed E-state index contributed by atoms with van der Waals surface area (Å²) in [5.41, 5.74) is 1.69. The molecule has 9 nitrogen and oxygen atoms in total. The number of carbonyl (C=O) groups excluding carboxylic acids is 3. The molecule has 8 rings (SSSR count). The molecule has 0 radical (unpaired) electrons. The molecular weight excluding hydrogens is 696 g/mol. The molecule has 10 heteroatoms. The Hall–Kier alpha value is -3.92. The predicted octanol–water partition coefficient (Wildman–Crippen LogP) is 7.49. The maximum Gasteiger partial charge on any atom is 0.272 e. The van der Waals surface area contributed by atoms with Crippen molar-refractivity contribution >= 4 is 28.4 Å². The number of H-pyrrole nitrogens is 1. The molecule has 1 aromatic heterocycles. The van der Waals surface area contributed by atoms with E-state index in [0.717, 1.165) is 74.7 Å². The second-order valence-electron chi connectivity index (χ2n) is 17.9. The number of nitrogens with zero attached hydrogens (tertiary/aromatic N) is 3. The molecule has 5 fully saturated rings. The average Bonchev–Trinajstić information content (AvgIpc) is 3.54. The van der Waals surface area contributed by atoms with E-state index in [1.54, 1.807) is 29.2 Å². The molecule has 55 heavy (non-hydrogen) atoms. The van der Waals surface area contributed by atoms with Gasteiger partial charge >= 0.3 is 0 Å². The highest BCUT2D eigenvalue weighted by Crippen LogP contribution is 2.66. The number of Topliss-reactive ketones (excluding diaryl/α,β-unsaturated/α-hetero) is 1. The summed E-state index contributed by atoms with van der Waals surface area (Å²) in [6.07, 6.45) is 14.0. The molecule has 3 aromatic rings. The number of fused-ring (bicyclic) bond motifs is 6. The van der Waals surface area contributed by atoms with E-state index in [1.807, 2.05) is 17.0 Å². The fourth-order valence-corrected chi connectivity index (χ4v) is 11.9. The highest BCUT2D eigenvalue weighted by Gasteiger charge is 2.60. The first-order valence-corrected chi connectivity index (χ1v) is 21.0. The molecule has 1 N–H and O–H groups in total. The normalized spacial score (nSPS) is 30.5. The summed E-state index contributed by atoms with van der Waals surface area (Å²) in [6, 6.07) is 11.7. The molecule has 4 saturated carbocycles. The SMILES string of the molecule is C[C@]12CCC(=O)CC1CC[C@@H]1C2CC[C@@]2(C)C1CC[C@@H]2OCCCCCC(=O)N1CCN(C(=O)c2cc(Cc3n[nH]c(=O)c4ccccc34)ccc2F)CC1. The molecule has 1 aliphatic heterocycles. The Kier molecular flexibility index (Phi) is 10.7. The van der Waals surface area contributed by atoms with E-state index in [9.17, 15) is 23.6 Å². The number of aromatic amines is 1. The number of nitrogens with one attached hydrogen (secondary N) is 1. The fraction of sp³-hybridized carbons (Fsp3) is 0.622. The molecule has 0 bridgehead atoms. The molecule has 1 saturated heterocycles. The van der Waals surface area contributed by atoms with Crippen LogP contribution in [0.3, 0.4) is 0 Å². The number of benzene rings is 2. The number of hydrogen-bond acceptors (Lipinski definition) is 6. The van der Waals surface area contributed by atoms with Gasteiger partial charge in [-0.3, -0.25) is 19.2 Å². The third kappa shape index (κ3) is 7.28. The molecule has 4 aliphatic carbocycles. The quantitative estimate of drug-likeness (QED) is 0.215. The van der Waals surface area contributed by atoms with Crippen LogP contribution in [0.25, 0.3) is 10.8 Å². The van der Waals surface area contributed by atoms with E-state index in [0.29, 0.717) is 78.9 Å². The van der Waals surface area contributed by atoms with Crippen molar-refractivity contribution in [3.05, 3.63) is 75.5 Å². The van der Waals surface area contributed by atoms with E-state index in [-0.39, 0.29) is 28.4 Å². The van der Waals surface area contributed by atoms with Gasteiger partial charge in [-0.2, -0.15) is 5.10 Å². The van der Waals surface area contributed by atoms with Gasteiger partial charge in [-0.15, -0.1) is 0 Å². The van der Waals surface area contributed by atoms with E-state index in [4.69, 9.17) is 4.74 Å². The fourth-order valence-electron chi connectivity index (χ4n) is 11.9. The Morgan fingerprint density at radius 2 is 1.64 bits per heavy atom. The molecule has 2 heterocycles. The predicted molar refractivity (Wildman–Crippen MR) is 209 cm³/mol. The van der Waals surface area contributed by atoms with Crippen molar-refractivity contribution in [1.82, 2.24) is 20.0 Å². The Morgan fingerprint density at radius 3 is 2.45 bits per heavy atom. The first-order valence-electron chi connectivity index (χ1n) is 21.0. The molecule has 294 valence electrons. The first-order chi connectivity index (χ1) is 26.5. The van der Waals surface area contributed by atoms with Crippen molar-refractivity contribution in [2.45, 2.75) is 110 Å². The van der Waals surface area contributed by atoms with Crippen LogP contribution >= 0.6 is 0 Å². The molecule has 0 spiro atoms. The monoisotopic (exact) mass is 752 g/mol. The number of amides is 2. The minimum atomic E-state index is -0.583. The Labute approximate surface area is 323 Å². The van der Waals surface area contributed by atoms with Gasteiger partial charge in [-0.1, -0.05) is 44.5 Å². The standard InChI is InChI=1S/C45H57FN4O5/c1-44-19-17-31(51)28-30(44)12-13-34-36-14-16-40(45(36,2)20-18-37(34)44)55-25-7-3-4-10-41(52)49-21-23-50(24-22-49)43(54)35-26-29(11-15-38(35)46)27-39-32-8-5-6-9-33(32)42(53)48-47-39/h5-6,8-9,11,15,26,30,34,36-37,40H,3-4,7,10,12-14,16-25,27-28H2,1-2H3,(H,48,53)/t30?,34-,36?,37?,40-,44-,45-/m0/s1. The summed E-state index contributed by atoms with van der Waals surface area (Å²) in [6.45, 7) is 7.34. The summed E-state index contributed by atoms with van der Waals surface area (Å²) >= 11 is 0. The van der Waals surface area contributed by atoms with Crippen molar-refractivity contribution in [3.8, 4) is 0 Å². The van der Waals surface area contributed by atoms with Gasteiger partial charge in [-0.05, 0) is 116 Å². The highest BCUT2D eigenvalue weighted by molar-refractivity contribution is 5.95. The maximum atomic E-state index is 15.0. The van der Waals surface area contributed by atoms with Gasteiger partial charge in [0.1, 0.15) is 11.6 Å². The average molecular weight is 753 g/mol. The summed E-state index contributed by atoms with van der Waals surface area (Å²) in [5.74, 6) is 2.49. The van der Waals surface area contributed by atoms with Crippen LogP contribution in [0.1, 0.15) is 119 Å². The van der Waals surface area contributed by atoms with Crippen molar-refractivity contribution in [2.24, 2.45) is 34.5 Å². The number of ketones is 1. The minimum absolute atomic E-state index is 0.00249. The topological polar surface area (TPSA) is 113 Å². The number of rotatable bonds is 10. The van der Waals surface area contributed by atoms with Crippen molar-refractivity contribution in [2.75, 3.05) is 32.8 Å². The number of piperazine rings is 1. The van der Waals surface area contributed by atoms with Crippen LogP contribution in [0.5, 0.6) is 0 Å². The summed E-state index contributed by atoms with van der Waals surface area (Å²) < 4.78 is 21.6. The highest BCUT2D eigenvalue weighted by atomic mass is 19.1. The number of halogens is 1. The van der Waals surface area contributed by atoms with Crippen LogP contribution in [0.15, 0.2) is 47.3 Å². The van der Waals surface area contributed by atoms with E-state index >= 15 is 0 Å². The maximum absolute atomic E-state index is 15.0. The summed E-state index contributed by atoms with van der Waals surface area (Å²) in [5, 5.41) is 8.01. The zero-order chi connectivity index (χ0) is 38.3. The molecular formula is C45H57FN4O5. The van der Waals surface area contributed by atoms with Crippen LogP contribution in [0.4, 0.5) is 4.39 Å². The van der Waals surface area contributed by atoms with E-state index in [1.165, 1.54) is 38.2 Å². The van der Waals surface area contributed by atoms with Crippen molar-refractivity contribution < 1.29 is 23.5 Å². The van der Waals surface area contributed by atoms with Crippen LogP contribution < -0.4 is 5.56 Å². The van der Waals surface area contributed by atoms with Crippen LogP contribution in [-0.2, 0) is 20.7 Å². The third-order valence-electron chi connectivity index (χ3n) is 15.1. The summed E-state index contributed by atoms with van der Waals surface area (Å²) in [7, 11) is 0. The Bertz CT molecular complexity index is 1990. The molecule has 5 aliphatic rings. The minimum Gasteiger partial charge on any atom is -0.378 e. The lowest BCUT2D eigenvalue weighted by atomic mass is 9.45. The zero-order valence-corrected chi connectivity index (χ0v) is 32.6. The zero-order valence-electron chi connectivity index (χ0n) is 32.6. The van der Waals surface area contributed by atoms with Gasteiger partial charge in [0.05, 0.1) is 22.7 Å². The summed E-state index contributed by atoms with van der Waals surface area (Å²) in [4.78, 5) is 54.5. The van der Waals surface area contributed by atoms with Crippen LogP contribution in [-0.4, -0.2) is 76.5 Å². The van der Waals surface area contributed by atoms with Gasteiger partial charge in [-0.25, -0.2) is 9.49 Å². The van der Waals surface area contributed by atoms with Gasteiger partial charge in [0.15, 0.2) is 0 Å². The largest absolute Gasteiger partial charge is 0.378 e. The molecule has 3 unspecified atom stereocenters. The Morgan fingerprint density at radius 1 is 0.873 bits per heavy atom. The van der Waals surface area contributed by atoms with Gasteiger partial charge in [0, 0.05) is 63.9 Å². The number of carbonyl (C=O) groups is 3. The van der Waals surface area contributed by atoms with Crippen molar-refractivity contribution in [1.29, 1.82) is 0 Å².